The Hall–Kier alpha value is -3.04. The second-order valence-corrected chi connectivity index (χ2v) is 8.23. The summed E-state index contributed by atoms with van der Waals surface area (Å²) < 4.78 is 41.1. The SMILES string of the molecule is Cc1cc(N(C)C)nc(NCC2CCC(NC(=O)c3cccc(OC(F)(F)F)c3)CC2)n1. The Labute approximate surface area is 185 Å². The number of rotatable bonds is 7. The maximum absolute atomic E-state index is 12.5. The van der Waals surface area contributed by atoms with E-state index in [4.69, 9.17) is 0 Å². The highest BCUT2D eigenvalue weighted by molar-refractivity contribution is 5.94. The molecule has 0 saturated heterocycles. The van der Waals surface area contributed by atoms with E-state index in [-0.39, 0.29) is 11.6 Å². The Morgan fingerprint density at radius 2 is 1.88 bits per heavy atom. The lowest BCUT2D eigenvalue weighted by Crippen LogP contribution is -2.38. The molecule has 0 spiro atoms. The quantitative estimate of drug-likeness (QED) is 0.659. The molecule has 2 aromatic rings. The van der Waals surface area contributed by atoms with Crippen LogP contribution in [0.1, 0.15) is 41.7 Å². The van der Waals surface area contributed by atoms with Crippen molar-refractivity contribution in [3.8, 4) is 5.75 Å². The number of anilines is 2. The van der Waals surface area contributed by atoms with Crippen LogP contribution in [0.3, 0.4) is 0 Å². The first-order chi connectivity index (χ1) is 15.1. The zero-order valence-electron chi connectivity index (χ0n) is 18.4. The molecule has 0 radical (unpaired) electrons. The molecule has 0 unspecified atom stereocenters. The van der Waals surface area contributed by atoms with E-state index < -0.39 is 18.0 Å². The molecule has 174 valence electrons. The minimum Gasteiger partial charge on any atom is -0.406 e. The molecule has 1 aromatic heterocycles. The summed E-state index contributed by atoms with van der Waals surface area (Å²) in [6.07, 6.45) is -1.36. The van der Waals surface area contributed by atoms with Gasteiger partial charge in [-0.15, -0.1) is 13.2 Å². The van der Waals surface area contributed by atoms with Crippen LogP contribution in [0.2, 0.25) is 0 Å². The predicted octanol–water partition coefficient (Wildman–Crippen LogP) is 4.15. The van der Waals surface area contributed by atoms with Crippen molar-refractivity contribution in [2.45, 2.75) is 45.0 Å². The zero-order valence-corrected chi connectivity index (χ0v) is 18.4. The largest absolute Gasteiger partial charge is 0.573 e. The topological polar surface area (TPSA) is 79.4 Å². The number of hydrogen-bond donors (Lipinski definition) is 2. The third kappa shape index (κ3) is 7.00. The van der Waals surface area contributed by atoms with Gasteiger partial charge in [-0.2, -0.15) is 4.98 Å². The number of ether oxygens (including phenoxy) is 1. The van der Waals surface area contributed by atoms with Crippen molar-refractivity contribution in [3.63, 3.8) is 0 Å². The third-order valence-corrected chi connectivity index (χ3v) is 5.36. The van der Waals surface area contributed by atoms with Gasteiger partial charge in [0.15, 0.2) is 0 Å². The number of aromatic nitrogens is 2. The number of halogens is 3. The van der Waals surface area contributed by atoms with Gasteiger partial charge >= 0.3 is 6.36 Å². The summed E-state index contributed by atoms with van der Waals surface area (Å²) >= 11 is 0. The number of aryl methyl sites for hydroxylation is 1. The van der Waals surface area contributed by atoms with E-state index in [1.807, 2.05) is 32.0 Å². The van der Waals surface area contributed by atoms with Crippen molar-refractivity contribution >= 4 is 17.7 Å². The minimum absolute atomic E-state index is 0.0125. The molecule has 1 aliphatic carbocycles. The number of nitrogens with zero attached hydrogens (tertiary/aromatic N) is 3. The van der Waals surface area contributed by atoms with Crippen molar-refractivity contribution in [3.05, 3.63) is 41.6 Å². The summed E-state index contributed by atoms with van der Waals surface area (Å²) in [5.41, 5.74) is 1.03. The van der Waals surface area contributed by atoms with Crippen LogP contribution in [0.5, 0.6) is 5.75 Å². The van der Waals surface area contributed by atoms with Gasteiger partial charge in [0, 0.05) is 44.0 Å². The molecule has 1 aromatic carbocycles. The molecule has 0 aliphatic heterocycles. The highest BCUT2D eigenvalue weighted by Gasteiger charge is 2.31. The third-order valence-electron chi connectivity index (χ3n) is 5.36. The van der Waals surface area contributed by atoms with Crippen LogP contribution >= 0.6 is 0 Å². The molecule has 1 saturated carbocycles. The van der Waals surface area contributed by atoms with E-state index >= 15 is 0 Å². The predicted molar refractivity (Wildman–Crippen MR) is 116 cm³/mol. The lowest BCUT2D eigenvalue weighted by Gasteiger charge is -2.29. The number of nitrogens with one attached hydrogen (secondary N) is 2. The van der Waals surface area contributed by atoms with Gasteiger partial charge in [-0.1, -0.05) is 6.07 Å². The Balaban J connectivity index is 1.47. The number of carbonyl (C=O) groups is 1. The Morgan fingerprint density at radius 3 is 2.53 bits per heavy atom. The molecule has 1 amide bonds. The lowest BCUT2D eigenvalue weighted by molar-refractivity contribution is -0.274. The van der Waals surface area contributed by atoms with E-state index in [9.17, 15) is 18.0 Å². The van der Waals surface area contributed by atoms with Gasteiger partial charge in [0.25, 0.3) is 5.91 Å². The lowest BCUT2D eigenvalue weighted by atomic mass is 9.86. The Kier molecular flexibility index (Phi) is 7.42. The van der Waals surface area contributed by atoms with E-state index in [0.29, 0.717) is 11.9 Å². The molecule has 2 N–H and O–H groups in total. The van der Waals surface area contributed by atoms with Crippen LogP contribution in [-0.2, 0) is 0 Å². The van der Waals surface area contributed by atoms with Crippen molar-refractivity contribution in [1.29, 1.82) is 0 Å². The fraction of sp³-hybridized carbons (Fsp3) is 0.500. The summed E-state index contributed by atoms with van der Waals surface area (Å²) in [4.78, 5) is 23.3. The van der Waals surface area contributed by atoms with E-state index in [2.05, 4.69) is 25.3 Å². The molecule has 0 bridgehead atoms. The number of benzene rings is 1. The number of hydrogen-bond acceptors (Lipinski definition) is 6. The number of amides is 1. The first-order valence-electron chi connectivity index (χ1n) is 10.5. The second kappa shape index (κ2) is 10.1. The molecular formula is C22H28F3N5O2. The molecule has 1 heterocycles. The molecule has 7 nitrogen and oxygen atoms in total. The number of carbonyl (C=O) groups excluding carboxylic acids is 1. The molecule has 3 rings (SSSR count). The van der Waals surface area contributed by atoms with Gasteiger partial charge < -0.3 is 20.3 Å². The second-order valence-electron chi connectivity index (χ2n) is 8.23. The average Bonchev–Trinajstić information content (AvgIpc) is 2.72. The van der Waals surface area contributed by atoms with Crippen molar-refractivity contribution in [2.75, 3.05) is 30.9 Å². The van der Waals surface area contributed by atoms with E-state index in [0.717, 1.165) is 49.8 Å². The van der Waals surface area contributed by atoms with Crippen LogP contribution in [0.25, 0.3) is 0 Å². The monoisotopic (exact) mass is 451 g/mol. The summed E-state index contributed by atoms with van der Waals surface area (Å²) in [5.74, 6) is 1.07. The van der Waals surface area contributed by atoms with E-state index in [1.54, 1.807) is 0 Å². The normalized spacial score (nSPS) is 18.7. The molecule has 1 aliphatic rings. The first kappa shape index (κ1) is 23.6. The highest BCUT2D eigenvalue weighted by atomic mass is 19.4. The number of alkyl halides is 3. The molecule has 10 heteroatoms. The van der Waals surface area contributed by atoms with Crippen LogP contribution in [0.15, 0.2) is 30.3 Å². The summed E-state index contributed by atoms with van der Waals surface area (Å²) in [7, 11) is 3.86. The maximum atomic E-state index is 12.5. The van der Waals surface area contributed by atoms with Crippen molar-refractivity contribution < 1.29 is 22.7 Å². The molecule has 32 heavy (non-hydrogen) atoms. The van der Waals surface area contributed by atoms with Crippen LogP contribution in [0.4, 0.5) is 24.9 Å². The zero-order chi connectivity index (χ0) is 23.3. The molecule has 0 atom stereocenters. The molecular weight excluding hydrogens is 423 g/mol. The van der Waals surface area contributed by atoms with Crippen LogP contribution in [-0.4, -0.2) is 48.9 Å². The van der Waals surface area contributed by atoms with Gasteiger partial charge in [0.2, 0.25) is 5.95 Å². The van der Waals surface area contributed by atoms with Gasteiger partial charge in [0.05, 0.1) is 0 Å². The standard InChI is InChI=1S/C22H28F3N5O2/c1-14-11-19(30(2)3)29-21(27-14)26-13-15-7-9-17(10-8-15)28-20(31)16-5-4-6-18(12-16)32-22(23,24)25/h4-6,11-12,15,17H,7-10,13H2,1-3H3,(H,28,31)(H,26,27,29). The summed E-state index contributed by atoms with van der Waals surface area (Å²) in [6, 6.07) is 7.02. The minimum atomic E-state index is -4.79. The van der Waals surface area contributed by atoms with Crippen LogP contribution in [0, 0.1) is 12.8 Å². The van der Waals surface area contributed by atoms with Gasteiger partial charge in [-0.05, 0) is 56.7 Å². The van der Waals surface area contributed by atoms with Crippen molar-refractivity contribution in [1.82, 2.24) is 15.3 Å². The van der Waals surface area contributed by atoms with Crippen LogP contribution < -0.4 is 20.3 Å². The van der Waals surface area contributed by atoms with Gasteiger partial charge in [-0.25, -0.2) is 4.98 Å². The fourth-order valence-corrected chi connectivity index (χ4v) is 3.71. The Bertz CT molecular complexity index is 928. The Morgan fingerprint density at radius 1 is 1.16 bits per heavy atom. The van der Waals surface area contributed by atoms with Gasteiger partial charge in [-0.3, -0.25) is 4.79 Å². The van der Waals surface area contributed by atoms with Gasteiger partial charge in [0.1, 0.15) is 11.6 Å². The summed E-state index contributed by atoms with van der Waals surface area (Å²) in [6.45, 7) is 2.67. The average molecular weight is 451 g/mol. The first-order valence-corrected chi connectivity index (χ1v) is 10.5. The maximum Gasteiger partial charge on any atom is 0.573 e. The molecule has 1 fully saturated rings. The van der Waals surface area contributed by atoms with Crippen molar-refractivity contribution in [2.24, 2.45) is 5.92 Å². The highest BCUT2D eigenvalue weighted by Crippen LogP contribution is 2.26. The smallest absolute Gasteiger partial charge is 0.406 e. The summed E-state index contributed by atoms with van der Waals surface area (Å²) in [5, 5.41) is 6.24. The van der Waals surface area contributed by atoms with E-state index in [1.165, 1.54) is 18.2 Å². The fourth-order valence-electron chi connectivity index (χ4n) is 3.71.